The summed E-state index contributed by atoms with van der Waals surface area (Å²) in [5.74, 6) is 0.572. The number of benzene rings is 2. The predicted molar refractivity (Wildman–Crippen MR) is 141 cm³/mol. The van der Waals surface area contributed by atoms with Gasteiger partial charge in [0.05, 0.1) is 0 Å². The Morgan fingerprint density at radius 3 is 2.34 bits per heavy atom. The van der Waals surface area contributed by atoms with Gasteiger partial charge in [0.1, 0.15) is 18.0 Å². The third kappa shape index (κ3) is 5.23. The van der Waals surface area contributed by atoms with Crippen LogP contribution < -0.4 is 20.4 Å². The van der Waals surface area contributed by atoms with Crippen LogP contribution in [0.5, 0.6) is 0 Å². The Hall–Kier alpha value is -4.25. The van der Waals surface area contributed by atoms with E-state index >= 15 is 0 Å². The number of hydrogen-bond acceptors (Lipinski definition) is 9. The number of halogens is 2. The molecule has 0 atom stereocenters. The van der Waals surface area contributed by atoms with Crippen molar-refractivity contribution in [3.05, 3.63) is 89.0 Å². The first-order chi connectivity index (χ1) is 18.6. The van der Waals surface area contributed by atoms with Gasteiger partial charge in [-0.2, -0.15) is 4.98 Å². The molecule has 2 aliphatic rings. The van der Waals surface area contributed by atoms with Crippen LogP contribution in [0.4, 0.5) is 32.3 Å². The van der Waals surface area contributed by atoms with Crippen LogP contribution in [-0.2, 0) is 19.4 Å². The molecule has 0 radical (unpaired) electrons. The van der Waals surface area contributed by atoms with E-state index in [0.29, 0.717) is 49.6 Å². The number of nitrogens with zero attached hydrogens (tertiary/aromatic N) is 7. The first-order valence-electron chi connectivity index (χ1n) is 12.6. The highest BCUT2D eigenvalue weighted by molar-refractivity contribution is 5.57. The van der Waals surface area contributed by atoms with Crippen molar-refractivity contribution in [1.29, 1.82) is 0 Å². The molecule has 0 bridgehead atoms. The molecule has 0 amide bonds. The summed E-state index contributed by atoms with van der Waals surface area (Å²) in [7, 11) is 0. The lowest BCUT2D eigenvalue weighted by molar-refractivity contribution is 0.561. The van der Waals surface area contributed by atoms with Gasteiger partial charge in [-0.15, -0.1) is 0 Å². The van der Waals surface area contributed by atoms with Crippen molar-refractivity contribution in [2.24, 2.45) is 0 Å². The van der Waals surface area contributed by atoms with Gasteiger partial charge >= 0.3 is 0 Å². The van der Waals surface area contributed by atoms with Crippen LogP contribution in [0.3, 0.4) is 0 Å². The van der Waals surface area contributed by atoms with Crippen LogP contribution in [0.15, 0.2) is 55.1 Å². The van der Waals surface area contributed by atoms with Gasteiger partial charge in [-0.25, -0.2) is 28.7 Å². The average Bonchev–Trinajstić information content (AvgIpc) is 2.96. The smallest absolute Gasteiger partial charge is 0.231 e. The first kappa shape index (κ1) is 24.1. The van der Waals surface area contributed by atoms with Crippen LogP contribution >= 0.6 is 0 Å². The molecule has 2 aromatic carbocycles. The fourth-order valence-corrected chi connectivity index (χ4v) is 4.80. The zero-order chi connectivity index (χ0) is 25.9. The maximum atomic E-state index is 14.0. The Kier molecular flexibility index (Phi) is 6.74. The Balaban J connectivity index is 1.07. The maximum absolute atomic E-state index is 14.0. The lowest BCUT2D eigenvalue weighted by Gasteiger charge is -2.34. The number of hydrogen-bond donors (Lipinski definition) is 2. The summed E-state index contributed by atoms with van der Waals surface area (Å²) in [5, 5.41) is 6.70. The third-order valence-corrected chi connectivity index (χ3v) is 6.89. The van der Waals surface area contributed by atoms with E-state index in [-0.39, 0.29) is 12.0 Å². The predicted octanol–water partition coefficient (Wildman–Crippen LogP) is 3.25. The Morgan fingerprint density at radius 2 is 1.58 bits per heavy atom. The molecule has 2 aliphatic heterocycles. The molecule has 9 nitrogen and oxygen atoms in total. The van der Waals surface area contributed by atoms with Gasteiger partial charge in [0.15, 0.2) is 0 Å². The number of piperazine rings is 1. The lowest BCUT2D eigenvalue weighted by atomic mass is 10.0. The Labute approximate surface area is 219 Å². The molecule has 1 fully saturated rings. The summed E-state index contributed by atoms with van der Waals surface area (Å²) in [6.45, 7) is 4.65. The highest BCUT2D eigenvalue weighted by Crippen LogP contribution is 2.22. The number of aromatic nitrogens is 5. The molecule has 2 aromatic heterocycles. The minimum absolute atomic E-state index is 0.0207. The Morgan fingerprint density at radius 1 is 0.842 bits per heavy atom. The molecule has 11 heteroatoms. The summed E-state index contributed by atoms with van der Waals surface area (Å²) in [5.41, 5.74) is 4.29. The van der Waals surface area contributed by atoms with E-state index in [1.54, 1.807) is 12.4 Å². The molecule has 0 saturated carbocycles. The summed E-state index contributed by atoms with van der Waals surface area (Å²) in [6.07, 6.45) is 5.92. The highest BCUT2D eigenvalue weighted by Gasteiger charge is 2.21. The molecular formula is C27H27F2N9. The summed E-state index contributed by atoms with van der Waals surface area (Å²) >= 11 is 0. The zero-order valence-electron chi connectivity index (χ0n) is 20.7. The molecule has 4 heterocycles. The van der Waals surface area contributed by atoms with E-state index < -0.39 is 11.6 Å². The van der Waals surface area contributed by atoms with Gasteiger partial charge < -0.3 is 20.4 Å². The number of anilines is 4. The van der Waals surface area contributed by atoms with Crippen molar-refractivity contribution in [2.45, 2.75) is 19.4 Å². The topological polar surface area (TPSA) is 95.0 Å². The molecular weight excluding hydrogens is 488 g/mol. The molecule has 2 N–H and O–H groups in total. The number of rotatable bonds is 6. The molecule has 194 valence electrons. The van der Waals surface area contributed by atoms with E-state index in [2.05, 4.69) is 63.6 Å². The van der Waals surface area contributed by atoms with Crippen molar-refractivity contribution in [2.75, 3.05) is 47.8 Å². The van der Waals surface area contributed by atoms with Gasteiger partial charge in [0.2, 0.25) is 17.8 Å². The van der Waals surface area contributed by atoms with Gasteiger partial charge in [0.25, 0.3) is 0 Å². The average molecular weight is 516 g/mol. The van der Waals surface area contributed by atoms with E-state index in [0.717, 1.165) is 25.2 Å². The van der Waals surface area contributed by atoms with Crippen LogP contribution in [0.25, 0.3) is 0 Å². The molecule has 38 heavy (non-hydrogen) atoms. The molecule has 0 spiro atoms. The first-order valence-corrected chi connectivity index (χ1v) is 12.6. The summed E-state index contributed by atoms with van der Waals surface area (Å²) in [4.78, 5) is 26.4. The fraction of sp³-hybridized carbons (Fsp3) is 0.296. The second-order valence-electron chi connectivity index (χ2n) is 9.39. The highest BCUT2D eigenvalue weighted by atomic mass is 19.1. The Bertz CT molecular complexity index is 1400. The maximum Gasteiger partial charge on any atom is 0.231 e. The molecule has 0 aliphatic carbocycles. The van der Waals surface area contributed by atoms with Gasteiger partial charge in [-0.3, -0.25) is 0 Å². The quantitative estimate of drug-likeness (QED) is 0.401. The van der Waals surface area contributed by atoms with Gasteiger partial charge in [0, 0.05) is 62.8 Å². The normalized spacial score (nSPS) is 15.3. The minimum Gasteiger partial charge on any atom is -0.337 e. The molecule has 4 aromatic rings. The molecule has 6 rings (SSSR count). The van der Waals surface area contributed by atoms with Crippen molar-refractivity contribution < 1.29 is 8.78 Å². The van der Waals surface area contributed by atoms with E-state index in [1.165, 1.54) is 35.7 Å². The lowest BCUT2D eigenvalue weighted by Crippen LogP contribution is -2.47. The van der Waals surface area contributed by atoms with Crippen LogP contribution in [-0.4, -0.2) is 57.6 Å². The standard InChI is InChI=1S/C27H27F2N9/c28-23-2-1-3-24(29)22(23)12-18-14-31-26(32-15-18)37-8-10-38(11-9-37)27-34-17-33-25(36-27)35-21-5-4-19-6-7-30-16-20(19)13-21/h1-5,13-15,17,30H,6-12,16H2,(H,33,34,35,36). The summed E-state index contributed by atoms with van der Waals surface area (Å²) in [6, 6.07) is 10.2. The monoisotopic (exact) mass is 515 g/mol. The van der Waals surface area contributed by atoms with E-state index in [1.807, 2.05) is 0 Å². The third-order valence-electron chi connectivity index (χ3n) is 6.89. The second kappa shape index (κ2) is 10.6. The van der Waals surface area contributed by atoms with Gasteiger partial charge in [-0.1, -0.05) is 12.1 Å². The van der Waals surface area contributed by atoms with Crippen molar-refractivity contribution in [3.8, 4) is 0 Å². The van der Waals surface area contributed by atoms with Crippen LogP contribution in [0.1, 0.15) is 22.3 Å². The molecule has 0 unspecified atom stereocenters. The summed E-state index contributed by atoms with van der Waals surface area (Å²) < 4.78 is 27.9. The SMILES string of the molecule is Fc1cccc(F)c1Cc1cnc(N2CCN(c3ncnc(Nc4ccc5c(c4)CNCC5)n3)CC2)nc1. The second-order valence-corrected chi connectivity index (χ2v) is 9.39. The largest absolute Gasteiger partial charge is 0.337 e. The van der Waals surface area contributed by atoms with E-state index in [4.69, 9.17) is 0 Å². The van der Waals surface area contributed by atoms with Crippen molar-refractivity contribution in [1.82, 2.24) is 30.2 Å². The minimum atomic E-state index is -0.568. The number of fused-ring (bicyclic) bond motifs is 1. The van der Waals surface area contributed by atoms with Crippen molar-refractivity contribution >= 4 is 23.5 Å². The zero-order valence-corrected chi connectivity index (χ0v) is 20.7. The fourth-order valence-electron chi connectivity index (χ4n) is 4.80. The van der Waals surface area contributed by atoms with Crippen molar-refractivity contribution in [3.63, 3.8) is 0 Å². The van der Waals surface area contributed by atoms with E-state index in [9.17, 15) is 8.78 Å². The number of nitrogens with one attached hydrogen (secondary N) is 2. The van der Waals surface area contributed by atoms with Crippen LogP contribution in [0, 0.1) is 11.6 Å². The van der Waals surface area contributed by atoms with Crippen LogP contribution in [0.2, 0.25) is 0 Å². The van der Waals surface area contributed by atoms with Gasteiger partial charge in [-0.05, 0) is 53.9 Å². The molecule has 1 saturated heterocycles.